The molecule has 3 rings (SSSR count). The molecule has 138 valence electrons. The Morgan fingerprint density at radius 3 is 2.70 bits per heavy atom. The van der Waals surface area contributed by atoms with Gasteiger partial charge in [0.05, 0.1) is 13.4 Å². The molecule has 2 aromatic heterocycles. The van der Waals surface area contributed by atoms with Gasteiger partial charge in [0.2, 0.25) is 5.91 Å². The van der Waals surface area contributed by atoms with Crippen molar-refractivity contribution < 1.29 is 18.7 Å². The fourth-order valence-corrected chi connectivity index (χ4v) is 3.63. The molecule has 0 spiro atoms. The van der Waals surface area contributed by atoms with Gasteiger partial charge in [0.25, 0.3) is 0 Å². The van der Waals surface area contributed by atoms with Gasteiger partial charge in [0.1, 0.15) is 16.3 Å². The van der Waals surface area contributed by atoms with E-state index in [2.05, 4.69) is 5.32 Å². The quantitative estimate of drug-likeness (QED) is 0.495. The summed E-state index contributed by atoms with van der Waals surface area (Å²) in [7, 11) is 1.33. The third kappa shape index (κ3) is 4.17. The highest BCUT2D eigenvalue weighted by Crippen LogP contribution is 2.38. The molecule has 0 unspecified atom stereocenters. The van der Waals surface area contributed by atoms with E-state index in [1.807, 2.05) is 37.4 Å². The number of aryl methyl sites for hydroxylation is 2. The summed E-state index contributed by atoms with van der Waals surface area (Å²) >= 11 is 1.29. The van der Waals surface area contributed by atoms with Crippen LogP contribution in [0, 0.1) is 13.8 Å². The van der Waals surface area contributed by atoms with E-state index in [4.69, 9.17) is 9.15 Å². The van der Waals surface area contributed by atoms with Crippen LogP contribution in [0.4, 0.5) is 5.00 Å². The molecule has 0 saturated carbocycles. The number of nitrogens with one attached hydrogen (secondary N) is 1. The smallest absolute Gasteiger partial charge is 0.341 e. The van der Waals surface area contributed by atoms with Gasteiger partial charge >= 0.3 is 5.97 Å². The Kier molecular flexibility index (Phi) is 5.57. The van der Waals surface area contributed by atoms with E-state index in [1.165, 1.54) is 30.8 Å². The number of esters is 1. The van der Waals surface area contributed by atoms with Crippen LogP contribution in [0.2, 0.25) is 0 Å². The Morgan fingerprint density at radius 2 is 2.00 bits per heavy atom. The summed E-state index contributed by atoms with van der Waals surface area (Å²) in [6, 6.07) is 9.53. The Bertz CT molecular complexity index is 999. The second-order valence-electron chi connectivity index (χ2n) is 6.00. The van der Waals surface area contributed by atoms with Gasteiger partial charge in [0.15, 0.2) is 0 Å². The Labute approximate surface area is 161 Å². The molecule has 1 aromatic carbocycles. The summed E-state index contributed by atoms with van der Waals surface area (Å²) in [5, 5.41) is 5.07. The van der Waals surface area contributed by atoms with E-state index in [9.17, 15) is 9.59 Å². The van der Waals surface area contributed by atoms with E-state index in [0.717, 1.165) is 22.3 Å². The predicted molar refractivity (Wildman–Crippen MR) is 107 cm³/mol. The summed E-state index contributed by atoms with van der Waals surface area (Å²) in [4.78, 5) is 24.7. The van der Waals surface area contributed by atoms with Crippen molar-refractivity contribution in [3.63, 3.8) is 0 Å². The number of carbonyl (C=O) groups is 2. The third-order valence-electron chi connectivity index (χ3n) is 4.04. The molecule has 0 radical (unpaired) electrons. The average Bonchev–Trinajstić information content (AvgIpc) is 3.31. The first-order valence-corrected chi connectivity index (χ1v) is 9.17. The molecule has 0 aliphatic heterocycles. The number of amides is 1. The van der Waals surface area contributed by atoms with Crippen molar-refractivity contribution in [3.05, 3.63) is 70.5 Å². The van der Waals surface area contributed by atoms with Crippen molar-refractivity contribution in [2.45, 2.75) is 13.8 Å². The van der Waals surface area contributed by atoms with Crippen LogP contribution >= 0.6 is 11.3 Å². The standard InChI is InChI=1S/C21H19NO4S/c1-13-6-7-14(2)16(11-13)17-12-27-20(19(17)21(24)25-3)22-18(23)9-8-15-5-4-10-26-15/h4-12H,1-3H3,(H,22,23)/b9-8+. The number of hydrogen-bond acceptors (Lipinski definition) is 5. The van der Waals surface area contributed by atoms with Crippen LogP contribution in [0.1, 0.15) is 27.2 Å². The van der Waals surface area contributed by atoms with Gasteiger partial charge < -0.3 is 14.5 Å². The number of furan rings is 1. The highest BCUT2D eigenvalue weighted by atomic mass is 32.1. The zero-order chi connectivity index (χ0) is 19.4. The molecule has 0 atom stereocenters. The fraction of sp³-hybridized carbons (Fsp3) is 0.143. The lowest BCUT2D eigenvalue weighted by Gasteiger charge is -2.09. The summed E-state index contributed by atoms with van der Waals surface area (Å²) in [5.41, 5.74) is 4.18. The van der Waals surface area contributed by atoms with E-state index in [0.29, 0.717) is 16.3 Å². The van der Waals surface area contributed by atoms with Crippen molar-refractivity contribution in [1.82, 2.24) is 0 Å². The number of benzene rings is 1. The number of hydrogen-bond donors (Lipinski definition) is 1. The van der Waals surface area contributed by atoms with Crippen molar-refractivity contribution in [1.29, 1.82) is 0 Å². The van der Waals surface area contributed by atoms with Gasteiger partial charge in [0, 0.05) is 17.0 Å². The van der Waals surface area contributed by atoms with Crippen molar-refractivity contribution in [2.24, 2.45) is 0 Å². The molecule has 1 amide bonds. The molecule has 3 aromatic rings. The number of anilines is 1. The molecule has 0 fully saturated rings. The second kappa shape index (κ2) is 8.05. The topological polar surface area (TPSA) is 68.5 Å². The summed E-state index contributed by atoms with van der Waals surface area (Å²) < 4.78 is 10.1. The lowest BCUT2D eigenvalue weighted by molar-refractivity contribution is -0.111. The zero-order valence-corrected chi connectivity index (χ0v) is 16.1. The second-order valence-corrected chi connectivity index (χ2v) is 6.88. The molecule has 6 heteroatoms. The van der Waals surface area contributed by atoms with Gasteiger partial charge in [-0.3, -0.25) is 4.79 Å². The highest BCUT2D eigenvalue weighted by molar-refractivity contribution is 7.15. The normalized spacial score (nSPS) is 10.9. The highest BCUT2D eigenvalue weighted by Gasteiger charge is 2.22. The molecular formula is C21H19NO4S. The minimum Gasteiger partial charge on any atom is -0.465 e. The average molecular weight is 381 g/mol. The van der Waals surface area contributed by atoms with Crippen LogP contribution in [-0.4, -0.2) is 19.0 Å². The van der Waals surface area contributed by atoms with E-state index >= 15 is 0 Å². The minimum absolute atomic E-state index is 0.356. The Morgan fingerprint density at radius 1 is 1.19 bits per heavy atom. The maximum absolute atomic E-state index is 12.4. The van der Waals surface area contributed by atoms with Gasteiger partial charge in [-0.1, -0.05) is 23.8 Å². The van der Waals surface area contributed by atoms with Crippen molar-refractivity contribution in [2.75, 3.05) is 12.4 Å². The van der Waals surface area contributed by atoms with Crippen molar-refractivity contribution in [3.8, 4) is 11.1 Å². The lowest BCUT2D eigenvalue weighted by atomic mass is 9.97. The summed E-state index contributed by atoms with van der Waals surface area (Å²) in [6.07, 6.45) is 4.45. The number of carbonyl (C=O) groups excluding carboxylic acids is 2. The maximum atomic E-state index is 12.4. The van der Waals surface area contributed by atoms with E-state index in [-0.39, 0.29) is 5.91 Å². The van der Waals surface area contributed by atoms with Crippen LogP contribution in [0.5, 0.6) is 0 Å². The molecule has 5 nitrogen and oxygen atoms in total. The molecule has 0 saturated heterocycles. The lowest BCUT2D eigenvalue weighted by Crippen LogP contribution is -2.11. The molecule has 0 bridgehead atoms. The molecule has 2 heterocycles. The Hall–Kier alpha value is -3.12. The SMILES string of the molecule is COC(=O)c1c(-c2cc(C)ccc2C)csc1NC(=O)/C=C/c1ccco1. The number of thiophene rings is 1. The van der Waals surface area contributed by atoms with Crippen LogP contribution in [0.15, 0.2) is 52.5 Å². The van der Waals surface area contributed by atoms with Crippen LogP contribution < -0.4 is 5.32 Å². The van der Waals surface area contributed by atoms with Crippen LogP contribution in [-0.2, 0) is 9.53 Å². The summed E-state index contributed by atoms with van der Waals surface area (Å²) in [6.45, 7) is 3.98. The number of rotatable bonds is 5. The van der Waals surface area contributed by atoms with Crippen molar-refractivity contribution >= 4 is 34.3 Å². The molecule has 1 N–H and O–H groups in total. The van der Waals surface area contributed by atoms with Crippen LogP contribution in [0.25, 0.3) is 17.2 Å². The fourth-order valence-electron chi connectivity index (χ4n) is 2.68. The third-order valence-corrected chi connectivity index (χ3v) is 4.94. The van der Waals surface area contributed by atoms with Gasteiger partial charge in [-0.25, -0.2) is 4.79 Å². The monoisotopic (exact) mass is 381 g/mol. The largest absolute Gasteiger partial charge is 0.465 e. The first-order chi connectivity index (χ1) is 13.0. The zero-order valence-electron chi connectivity index (χ0n) is 15.2. The number of ether oxygens (including phenoxy) is 1. The van der Waals surface area contributed by atoms with Gasteiger partial charge in [-0.2, -0.15) is 0 Å². The minimum atomic E-state index is -0.488. The van der Waals surface area contributed by atoms with Crippen LogP contribution in [0.3, 0.4) is 0 Å². The molecule has 0 aliphatic rings. The summed E-state index contributed by atoms with van der Waals surface area (Å²) in [5.74, 6) is -0.274. The first kappa shape index (κ1) is 18.7. The molecule has 27 heavy (non-hydrogen) atoms. The maximum Gasteiger partial charge on any atom is 0.341 e. The Balaban J connectivity index is 1.94. The molecular weight excluding hydrogens is 362 g/mol. The number of methoxy groups -OCH3 is 1. The van der Waals surface area contributed by atoms with Gasteiger partial charge in [-0.15, -0.1) is 11.3 Å². The first-order valence-electron chi connectivity index (χ1n) is 8.29. The predicted octanol–water partition coefficient (Wildman–Crippen LogP) is 5.06. The van der Waals surface area contributed by atoms with E-state index < -0.39 is 5.97 Å². The van der Waals surface area contributed by atoms with E-state index in [1.54, 1.807) is 18.2 Å². The molecule has 0 aliphatic carbocycles. The van der Waals surface area contributed by atoms with Gasteiger partial charge in [-0.05, 0) is 43.2 Å².